The molecule has 1 aromatic heterocycles. The monoisotopic (exact) mass is 600 g/mol. The number of alkyl halides is 9. The maximum absolute atomic E-state index is 13.8. The van der Waals surface area contributed by atoms with Crippen LogP contribution in [0.15, 0.2) is 66.2 Å². The van der Waals surface area contributed by atoms with Gasteiger partial charge in [0.1, 0.15) is 23.4 Å². The molecule has 0 N–H and O–H groups in total. The van der Waals surface area contributed by atoms with Crippen LogP contribution in [0.25, 0.3) is 39.3 Å². The molecule has 4 aromatic rings. The lowest BCUT2D eigenvalue weighted by Crippen LogP contribution is -2.12. The van der Waals surface area contributed by atoms with Gasteiger partial charge in [-0.1, -0.05) is 24.3 Å². The predicted octanol–water partition coefficient (Wildman–Crippen LogP) is 9.00. The number of benzene rings is 3. The summed E-state index contributed by atoms with van der Waals surface area (Å²) in [7, 11) is 0. The van der Waals surface area contributed by atoms with Gasteiger partial charge in [0.25, 0.3) is 0 Å². The fourth-order valence-electron chi connectivity index (χ4n) is 4.80. The Kier molecular flexibility index (Phi) is 6.81. The minimum Gasteiger partial charge on any atom is -0.243 e. The molecule has 3 aromatic carbocycles. The number of rotatable bonds is 2. The van der Waals surface area contributed by atoms with E-state index < -0.39 is 57.7 Å². The molecular formula is C30H13F9N4. The van der Waals surface area contributed by atoms with Crippen LogP contribution < -0.4 is 0 Å². The Morgan fingerprint density at radius 3 is 1.51 bits per heavy atom. The fourth-order valence-corrected chi connectivity index (χ4v) is 4.80. The number of nitrogens with zero attached hydrogens (tertiary/aromatic N) is 4. The first-order valence-electron chi connectivity index (χ1n) is 12.1. The van der Waals surface area contributed by atoms with Crippen LogP contribution in [-0.4, -0.2) is 9.97 Å². The smallest absolute Gasteiger partial charge is 0.243 e. The van der Waals surface area contributed by atoms with E-state index in [1.165, 1.54) is 25.1 Å². The van der Waals surface area contributed by atoms with Crippen molar-refractivity contribution in [2.24, 2.45) is 0 Å². The van der Waals surface area contributed by atoms with Gasteiger partial charge >= 0.3 is 18.5 Å². The van der Waals surface area contributed by atoms with E-state index >= 15 is 0 Å². The van der Waals surface area contributed by atoms with E-state index in [2.05, 4.69) is 9.97 Å². The summed E-state index contributed by atoms with van der Waals surface area (Å²) in [4.78, 5) is 8.79. The predicted molar refractivity (Wildman–Crippen MR) is 135 cm³/mol. The van der Waals surface area contributed by atoms with Crippen molar-refractivity contribution < 1.29 is 39.5 Å². The zero-order valence-corrected chi connectivity index (χ0v) is 21.5. The van der Waals surface area contributed by atoms with E-state index in [-0.39, 0.29) is 39.7 Å². The number of aryl methyl sites for hydroxylation is 1. The molecule has 0 bridgehead atoms. The SMILES string of the molecule is Cc1cc(-c2nc3c(nc2-c2cc(C(F)(F)F)cc(C(F)(F)F)c2)C(=C(C#N)C#N)c2ccccc2-3)cc(C(F)(F)F)c1. The molecule has 4 nitrogen and oxygen atoms in total. The maximum atomic E-state index is 13.8. The summed E-state index contributed by atoms with van der Waals surface area (Å²) >= 11 is 0. The lowest BCUT2D eigenvalue weighted by atomic mass is 9.96. The highest BCUT2D eigenvalue weighted by molar-refractivity contribution is 6.02. The van der Waals surface area contributed by atoms with Crippen LogP contribution >= 0.6 is 0 Å². The number of aromatic nitrogens is 2. The number of hydrogen-bond donors (Lipinski definition) is 0. The summed E-state index contributed by atoms with van der Waals surface area (Å²) in [6.07, 6.45) is -15.3. The van der Waals surface area contributed by atoms with Crippen LogP contribution in [0.3, 0.4) is 0 Å². The molecule has 5 rings (SSSR count). The van der Waals surface area contributed by atoms with Gasteiger partial charge in [0.05, 0.1) is 33.8 Å². The van der Waals surface area contributed by atoms with Gasteiger partial charge < -0.3 is 0 Å². The third kappa shape index (κ3) is 5.30. The normalized spacial score (nSPS) is 12.8. The van der Waals surface area contributed by atoms with Gasteiger partial charge in [-0.25, -0.2) is 9.97 Å². The van der Waals surface area contributed by atoms with E-state index in [1.807, 2.05) is 0 Å². The Morgan fingerprint density at radius 1 is 0.581 bits per heavy atom. The zero-order valence-electron chi connectivity index (χ0n) is 21.5. The minimum absolute atomic E-state index is 0.0227. The Morgan fingerprint density at radius 2 is 1.02 bits per heavy atom. The van der Waals surface area contributed by atoms with Crippen molar-refractivity contribution in [1.82, 2.24) is 9.97 Å². The summed E-state index contributed by atoms with van der Waals surface area (Å²) in [5, 5.41) is 19.2. The van der Waals surface area contributed by atoms with Crippen molar-refractivity contribution in [2.45, 2.75) is 25.5 Å². The lowest BCUT2D eigenvalue weighted by Gasteiger charge is -2.17. The molecular weight excluding hydrogens is 587 g/mol. The quantitative estimate of drug-likeness (QED) is 0.150. The van der Waals surface area contributed by atoms with Gasteiger partial charge in [-0.3, -0.25) is 0 Å². The molecule has 1 aliphatic rings. The molecule has 0 fully saturated rings. The third-order valence-electron chi connectivity index (χ3n) is 6.60. The highest BCUT2D eigenvalue weighted by Gasteiger charge is 2.39. The molecule has 0 radical (unpaired) electrons. The molecule has 13 heteroatoms. The summed E-state index contributed by atoms with van der Waals surface area (Å²) in [6.45, 7) is 1.33. The van der Waals surface area contributed by atoms with Crippen molar-refractivity contribution >= 4 is 5.57 Å². The largest absolute Gasteiger partial charge is 0.416 e. The standard InChI is InChI=1S/C30H13F9N4/c1-14-6-15(8-18(7-14)28(31,32)33)24-25(16-9-19(29(34,35)36)11-20(10-16)30(37,38)39)43-27-23(17(12-40)13-41)21-4-2-3-5-22(21)26(27)42-24/h2-11H,1H3. The zero-order chi connectivity index (χ0) is 31.5. The molecule has 0 unspecified atom stereocenters. The van der Waals surface area contributed by atoms with Crippen molar-refractivity contribution in [2.75, 3.05) is 0 Å². The van der Waals surface area contributed by atoms with Crippen molar-refractivity contribution in [3.8, 4) is 45.9 Å². The second kappa shape index (κ2) is 9.98. The lowest BCUT2D eigenvalue weighted by molar-refractivity contribution is -0.143. The molecule has 0 amide bonds. The highest BCUT2D eigenvalue weighted by Crippen LogP contribution is 2.47. The highest BCUT2D eigenvalue weighted by atomic mass is 19.4. The van der Waals surface area contributed by atoms with Crippen LogP contribution in [0.1, 0.15) is 33.5 Å². The number of nitriles is 2. The number of fused-ring (bicyclic) bond motifs is 3. The summed E-state index contributed by atoms with van der Waals surface area (Å²) < 4.78 is 124. The number of allylic oxidation sites excluding steroid dienone is 1. The minimum atomic E-state index is -5.23. The van der Waals surface area contributed by atoms with Gasteiger partial charge in [-0.05, 0) is 54.4 Å². The number of hydrogen-bond acceptors (Lipinski definition) is 4. The first-order valence-corrected chi connectivity index (χ1v) is 12.1. The molecule has 0 saturated carbocycles. The van der Waals surface area contributed by atoms with E-state index in [0.29, 0.717) is 23.8 Å². The first kappa shape index (κ1) is 29.3. The Hall–Kier alpha value is -5.17. The second-order valence-corrected chi connectivity index (χ2v) is 9.52. The van der Waals surface area contributed by atoms with E-state index in [4.69, 9.17) is 0 Å². The third-order valence-corrected chi connectivity index (χ3v) is 6.60. The van der Waals surface area contributed by atoms with Crippen LogP contribution in [-0.2, 0) is 18.5 Å². The Bertz CT molecular complexity index is 1870. The fraction of sp³-hybridized carbons (Fsp3) is 0.133. The summed E-state index contributed by atoms with van der Waals surface area (Å²) in [6, 6.07) is 12.9. The molecule has 0 spiro atoms. The van der Waals surface area contributed by atoms with Crippen molar-refractivity contribution in [3.63, 3.8) is 0 Å². The Labute approximate surface area is 237 Å². The van der Waals surface area contributed by atoms with Gasteiger partial charge in [-0.2, -0.15) is 50.0 Å². The Balaban J connectivity index is 1.95. The number of halogens is 9. The molecule has 43 heavy (non-hydrogen) atoms. The maximum Gasteiger partial charge on any atom is 0.416 e. The molecule has 1 aliphatic carbocycles. The van der Waals surface area contributed by atoms with Crippen LogP contribution in [0.2, 0.25) is 0 Å². The van der Waals surface area contributed by atoms with E-state index in [0.717, 1.165) is 6.07 Å². The summed E-state index contributed by atoms with van der Waals surface area (Å²) in [5.74, 6) is 0. The summed E-state index contributed by atoms with van der Waals surface area (Å²) in [5.41, 5.74) is -6.67. The van der Waals surface area contributed by atoms with Crippen LogP contribution in [0.5, 0.6) is 0 Å². The molecule has 0 atom stereocenters. The van der Waals surface area contributed by atoms with E-state index in [1.54, 1.807) is 24.3 Å². The molecule has 1 heterocycles. The molecule has 0 aliphatic heterocycles. The van der Waals surface area contributed by atoms with Gasteiger partial charge in [0.2, 0.25) is 0 Å². The van der Waals surface area contributed by atoms with Gasteiger partial charge in [0.15, 0.2) is 0 Å². The van der Waals surface area contributed by atoms with Gasteiger partial charge in [0, 0.05) is 22.3 Å². The first-order chi connectivity index (χ1) is 20.0. The van der Waals surface area contributed by atoms with Gasteiger partial charge in [-0.15, -0.1) is 0 Å². The van der Waals surface area contributed by atoms with Crippen LogP contribution in [0, 0.1) is 29.6 Å². The van der Waals surface area contributed by atoms with Crippen molar-refractivity contribution in [1.29, 1.82) is 10.5 Å². The van der Waals surface area contributed by atoms with E-state index in [9.17, 15) is 50.0 Å². The van der Waals surface area contributed by atoms with Crippen molar-refractivity contribution in [3.05, 3.63) is 99.7 Å². The average molecular weight is 600 g/mol. The molecule has 216 valence electrons. The second-order valence-electron chi connectivity index (χ2n) is 9.52. The topological polar surface area (TPSA) is 73.4 Å². The van der Waals surface area contributed by atoms with Crippen LogP contribution in [0.4, 0.5) is 39.5 Å². The molecule has 0 saturated heterocycles. The average Bonchev–Trinajstić information content (AvgIpc) is 3.24.